The minimum atomic E-state index is -3.81. The van der Waals surface area contributed by atoms with Gasteiger partial charge in [0.25, 0.3) is 16.1 Å². The van der Waals surface area contributed by atoms with Gasteiger partial charge >= 0.3 is 0 Å². The molecule has 1 aliphatic carbocycles. The summed E-state index contributed by atoms with van der Waals surface area (Å²) >= 11 is 0. The molecule has 1 rings (SSSR count). The van der Waals surface area contributed by atoms with Crippen LogP contribution < -0.4 is 10.5 Å². The van der Waals surface area contributed by atoms with Gasteiger partial charge in [0, 0.05) is 13.6 Å². The molecule has 0 bridgehead atoms. The Labute approximate surface area is 94.2 Å². The van der Waals surface area contributed by atoms with Gasteiger partial charge in [-0.3, -0.25) is 0 Å². The van der Waals surface area contributed by atoms with Gasteiger partial charge in [-0.05, 0) is 18.8 Å². The molecule has 0 atom stereocenters. The molecule has 0 amide bonds. The standard InChI is InChI=1S/C8H17F2N3O2S/c1-13(4-7-2-3-7)16(14,15)12-6-8(9,10)5-11/h7,12H,2-6,11H2,1H3. The average molecular weight is 257 g/mol. The molecule has 1 fully saturated rings. The molecule has 0 heterocycles. The third-order valence-electron chi connectivity index (χ3n) is 2.43. The zero-order valence-electron chi connectivity index (χ0n) is 9.12. The van der Waals surface area contributed by atoms with Gasteiger partial charge in [0.1, 0.15) is 0 Å². The first-order chi connectivity index (χ1) is 7.27. The summed E-state index contributed by atoms with van der Waals surface area (Å²) in [7, 11) is -2.43. The van der Waals surface area contributed by atoms with Crippen molar-refractivity contribution in [2.24, 2.45) is 11.7 Å². The molecule has 0 radical (unpaired) electrons. The van der Waals surface area contributed by atoms with Gasteiger partial charge in [-0.15, -0.1) is 0 Å². The van der Waals surface area contributed by atoms with Crippen LogP contribution in [0.1, 0.15) is 12.8 Å². The van der Waals surface area contributed by atoms with Crippen LogP contribution in [-0.2, 0) is 10.2 Å². The van der Waals surface area contributed by atoms with Crippen molar-refractivity contribution >= 4 is 10.2 Å². The Morgan fingerprint density at radius 1 is 1.50 bits per heavy atom. The Morgan fingerprint density at radius 2 is 2.06 bits per heavy atom. The van der Waals surface area contributed by atoms with Gasteiger partial charge in [-0.1, -0.05) is 0 Å². The quantitative estimate of drug-likeness (QED) is 0.661. The molecular formula is C8H17F2N3O2S. The molecule has 8 heteroatoms. The van der Waals surface area contributed by atoms with E-state index >= 15 is 0 Å². The van der Waals surface area contributed by atoms with Crippen LogP contribution in [0.15, 0.2) is 0 Å². The van der Waals surface area contributed by atoms with E-state index in [1.54, 1.807) is 0 Å². The number of nitrogens with zero attached hydrogens (tertiary/aromatic N) is 1. The van der Waals surface area contributed by atoms with E-state index in [0.29, 0.717) is 12.5 Å². The predicted octanol–water partition coefficient (Wildman–Crippen LogP) is -0.243. The molecule has 96 valence electrons. The molecule has 1 aliphatic rings. The van der Waals surface area contributed by atoms with E-state index in [9.17, 15) is 17.2 Å². The van der Waals surface area contributed by atoms with Crippen molar-refractivity contribution in [1.29, 1.82) is 0 Å². The molecule has 3 N–H and O–H groups in total. The maximum absolute atomic E-state index is 12.8. The molecule has 0 saturated heterocycles. The van der Waals surface area contributed by atoms with Crippen LogP contribution in [0.2, 0.25) is 0 Å². The Hall–Kier alpha value is -0.310. The van der Waals surface area contributed by atoms with Crippen molar-refractivity contribution in [3.8, 4) is 0 Å². The summed E-state index contributed by atoms with van der Waals surface area (Å²) in [6, 6.07) is 0. The Morgan fingerprint density at radius 3 is 2.50 bits per heavy atom. The highest BCUT2D eigenvalue weighted by Crippen LogP contribution is 2.29. The lowest BCUT2D eigenvalue weighted by Crippen LogP contribution is -2.46. The highest BCUT2D eigenvalue weighted by molar-refractivity contribution is 7.87. The third kappa shape index (κ3) is 4.28. The van der Waals surface area contributed by atoms with Gasteiger partial charge in [0.05, 0.1) is 13.1 Å². The van der Waals surface area contributed by atoms with Crippen molar-refractivity contribution in [2.45, 2.75) is 18.8 Å². The fraction of sp³-hybridized carbons (Fsp3) is 1.00. The van der Waals surface area contributed by atoms with Gasteiger partial charge in [0.2, 0.25) is 0 Å². The summed E-state index contributed by atoms with van der Waals surface area (Å²) in [5, 5.41) is 0. The van der Waals surface area contributed by atoms with Crippen LogP contribution in [-0.4, -0.2) is 45.3 Å². The van der Waals surface area contributed by atoms with E-state index < -0.39 is 29.2 Å². The molecule has 0 aliphatic heterocycles. The van der Waals surface area contributed by atoms with Crippen LogP contribution >= 0.6 is 0 Å². The van der Waals surface area contributed by atoms with Crippen molar-refractivity contribution in [2.75, 3.05) is 26.7 Å². The maximum Gasteiger partial charge on any atom is 0.279 e. The van der Waals surface area contributed by atoms with Crippen LogP contribution in [0, 0.1) is 5.92 Å². The highest BCUT2D eigenvalue weighted by Gasteiger charge is 2.32. The lowest BCUT2D eigenvalue weighted by Gasteiger charge is -2.20. The molecule has 0 spiro atoms. The normalized spacial score (nSPS) is 18.1. The molecule has 1 saturated carbocycles. The Kier molecular flexibility index (Phi) is 4.22. The molecular weight excluding hydrogens is 240 g/mol. The van der Waals surface area contributed by atoms with Crippen molar-refractivity contribution < 1.29 is 17.2 Å². The monoisotopic (exact) mass is 257 g/mol. The zero-order valence-corrected chi connectivity index (χ0v) is 9.93. The topological polar surface area (TPSA) is 75.4 Å². The van der Waals surface area contributed by atoms with E-state index in [1.165, 1.54) is 7.05 Å². The first kappa shape index (κ1) is 13.8. The second-order valence-electron chi connectivity index (χ2n) is 4.11. The fourth-order valence-corrected chi connectivity index (χ4v) is 2.16. The molecule has 0 aromatic heterocycles. The Bertz CT molecular complexity index is 330. The van der Waals surface area contributed by atoms with E-state index in [1.807, 2.05) is 4.72 Å². The largest absolute Gasteiger partial charge is 0.325 e. The van der Waals surface area contributed by atoms with Gasteiger partial charge in [0.15, 0.2) is 0 Å². The smallest absolute Gasteiger partial charge is 0.279 e. The van der Waals surface area contributed by atoms with E-state index in [2.05, 4.69) is 0 Å². The van der Waals surface area contributed by atoms with Gasteiger partial charge in [-0.2, -0.15) is 17.4 Å². The molecule has 0 aromatic carbocycles. The number of hydrogen-bond donors (Lipinski definition) is 2. The number of nitrogens with two attached hydrogens (primary N) is 1. The molecule has 5 nitrogen and oxygen atoms in total. The second-order valence-corrected chi connectivity index (χ2v) is 5.97. The van der Waals surface area contributed by atoms with Crippen LogP contribution in [0.4, 0.5) is 8.78 Å². The summed E-state index contributed by atoms with van der Waals surface area (Å²) in [5.74, 6) is -2.83. The first-order valence-corrected chi connectivity index (χ1v) is 6.50. The van der Waals surface area contributed by atoms with Gasteiger partial charge < -0.3 is 5.73 Å². The lowest BCUT2D eigenvalue weighted by atomic mass is 10.3. The van der Waals surface area contributed by atoms with Crippen LogP contribution in [0.25, 0.3) is 0 Å². The second kappa shape index (κ2) is 4.91. The SMILES string of the molecule is CN(CC1CC1)S(=O)(=O)NCC(F)(F)CN. The number of alkyl halides is 2. The number of rotatable bonds is 7. The summed E-state index contributed by atoms with van der Waals surface area (Å²) < 4.78 is 51.4. The van der Waals surface area contributed by atoms with Crippen molar-refractivity contribution in [3.63, 3.8) is 0 Å². The summed E-state index contributed by atoms with van der Waals surface area (Å²) in [4.78, 5) is 0. The highest BCUT2D eigenvalue weighted by atomic mass is 32.2. The fourth-order valence-electron chi connectivity index (χ4n) is 1.14. The van der Waals surface area contributed by atoms with Crippen LogP contribution in [0.5, 0.6) is 0 Å². The van der Waals surface area contributed by atoms with Crippen molar-refractivity contribution in [1.82, 2.24) is 9.03 Å². The van der Waals surface area contributed by atoms with E-state index in [4.69, 9.17) is 5.73 Å². The summed E-state index contributed by atoms with van der Waals surface area (Å²) in [5.41, 5.74) is 4.80. The first-order valence-electron chi connectivity index (χ1n) is 5.06. The maximum atomic E-state index is 12.8. The van der Waals surface area contributed by atoms with Crippen LogP contribution in [0.3, 0.4) is 0 Å². The zero-order chi connectivity index (χ0) is 12.4. The number of halogens is 2. The molecule has 0 unspecified atom stereocenters. The minimum Gasteiger partial charge on any atom is -0.325 e. The predicted molar refractivity (Wildman–Crippen MR) is 56.3 cm³/mol. The van der Waals surface area contributed by atoms with E-state index in [-0.39, 0.29) is 0 Å². The lowest BCUT2D eigenvalue weighted by molar-refractivity contribution is 0.0167. The Balaban J connectivity index is 2.43. The summed E-state index contributed by atoms with van der Waals surface area (Å²) in [6.07, 6.45) is 2.00. The minimum absolute atomic E-state index is 0.372. The third-order valence-corrected chi connectivity index (χ3v) is 3.91. The van der Waals surface area contributed by atoms with Crippen molar-refractivity contribution in [3.05, 3.63) is 0 Å². The number of nitrogens with one attached hydrogen (secondary N) is 1. The van der Waals surface area contributed by atoms with Gasteiger partial charge in [-0.25, -0.2) is 8.78 Å². The molecule has 0 aromatic rings. The number of hydrogen-bond acceptors (Lipinski definition) is 3. The summed E-state index contributed by atoms with van der Waals surface area (Å²) in [6.45, 7) is -1.45. The molecule has 16 heavy (non-hydrogen) atoms. The van der Waals surface area contributed by atoms with E-state index in [0.717, 1.165) is 17.1 Å². The average Bonchev–Trinajstić information content (AvgIpc) is 2.99.